The molecule has 116 valence electrons. The Bertz CT molecular complexity index is 502. The minimum absolute atomic E-state index is 0.0866. The van der Waals surface area contributed by atoms with Gasteiger partial charge in [0.25, 0.3) is 0 Å². The van der Waals surface area contributed by atoms with E-state index in [-0.39, 0.29) is 5.41 Å². The second kappa shape index (κ2) is 6.95. The van der Waals surface area contributed by atoms with Crippen molar-refractivity contribution in [2.75, 3.05) is 7.11 Å². The molecule has 0 N–H and O–H groups in total. The number of carbonyl (C=O) groups is 1. The molecule has 0 aliphatic heterocycles. The largest absolute Gasteiger partial charge is 0.497 e. The Morgan fingerprint density at radius 2 is 2.00 bits per heavy atom. The summed E-state index contributed by atoms with van der Waals surface area (Å²) < 4.78 is 6.27. The van der Waals surface area contributed by atoms with E-state index < -0.39 is 0 Å². The van der Waals surface area contributed by atoms with Crippen LogP contribution in [0.5, 0.6) is 5.75 Å². The van der Waals surface area contributed by atoms with Gasteiger partial charge in [0.15, 0.2) is 0 Å². The second-order valence-corrected chi connectivity index (χ2v) is 7.50. The average Bonchev–Trinajstić information content (AvgIpc) is 2.90. The van der Waals surface area contributed by atoms with Crippen LogP contribution >= 0.6 is 15.9 Å². The maximum absolute atomic E-state index is 13.0. The molecule has 0 saturated heterocycles. The normalized spacial score (nSPS) is 17.2. The van der Waals surface area contributed by atoms with Crippen molar-refractivity contribution in [3.63, 3.8) is 0 Å². The molecule has 21 heavy (non-hydrogen) atoms. The molecule has 0 unspecified atom stereocenters. The molecule has 0 spiro atoms. The zero-order chi connectivity index (χ0) is 15.5. The highest BCUT2D eigenvalue weighted by atomic mass is 79.9. The van der Waals surface area contributed by atoms with Crippen LogP contribution in [-0.2, 0) is 11.2 Å². The predicted octanol–water partition coefficient (Wildman–Crippen LogP) is 5.18. The molecule has 0 heterocycles. The van der Waals surface area contributed by atoms with Gasteiger partial charge in [0, 0.05) is 16.3 Å². The zero-order valence-electron chi connectivity index (χ0n) is 13.2. The highest BCUT2D eigenvalue weighted by Gasteiger charge is 2.40. The quantitative estimate of drug-likeness (QED) is 0.705. The predicted molar refractivity (Wildman–Crippen MR) is 89.8 cm³/mol. The fourth-order valence-corrected chi connectivity index (χ4v) is 3.99. The molecule has 3 heteroatoms. The van der Waals surface area contributed by atoms with Crippen molar-refractivity contribution < 1.29 is 9.53 Å². The van der Waals surface area contributed by atoms with Crippen molar-refractivity contribution in [3.05, 3.63) is 28.2 Å². The Kier molecular flexibility index (Phi) is 5.48. The molecule has 0 bridgehead atoms. The van der Waals surface area contributed by atoms with Gasteiger partial charge in [0.05, 0.1) is 7.11 Å². The molecule has 1 aliphatic rings. The first kappa shape index (κ1) is 16.5. The monoisotopic (exact) mass is 352 g/mol. The second-order valence-electron chi connectivity index (χ2n) is 6.64. The number of methoxy groups -OCH3 is 1. The lowest BCUT2D eigenvalue weighted by Crippen LogP contribution is -2.31. The summed E-state index contributed by atoms with van der Waals surface area (Å²) in [6, 6.07) is 5.85. The summed E-state index contributed by atoms with van der Waals surface area (Å²) >= 11 is 3.56. The topological polar surface area (TPSA) is 26.3 Å². The molecule has 1 saturated carbocycles. The lowest BCUT2D eigenvalue weighted by Gasteiger charge is -2.29. The highest BCUT2D eigenvalue weighted by Crippen LogP contribution is 2.45. The van der Waals surface area contributed by atoms with Crippen molar-refractivity contribution in [2.24, 2.45) is 11.3 Å². The molecular weight excluding hydrogens is 328 g/mol. The summed E-state index contributed by atoms with van der Waals surface area (Å²) in [6.45, 7) is 4.43. The van der Waals surface area contributed by atoms with Gasteiger partial charge in [-0.25, -0.2) is 0 Å². The van der Waals surface area contributed by atoms with Gasteiger partial charge in [-0.2, -0.15) is 0 Å². The summed E-state index contributed by atoms with van der Waals surface area (Å²) in [5.74, 6) is 1.79. The van der Waals surface area contributed by atoms with Crippen molar-refractivity contribution in [1.29, 1.82) is 0 Å². The van der Waals surface area contributed by atoms with E-state index in [4.69, 9.17) is 4.74 Å². The summed E-state index contributed by atoms with van der Waals surface area (Å²) in [5.41, 5.74) is 0.950. The first-order valence-corrected chi connectivity index (χ1v) is 8.62. The lowest BCUT2D eigenvalue weighted by atomic mass is 9.73. The van der Waals surface area contributed by atoms with Gasteiger partial charge in [-0.05, 0) is 48.9 Å². The molecule has 2 rings (SSSR count). The Morgan fingerprint density at radius 1 is 1.33 bits per heavy atom. The molecule has 1 fully saturated rings. The number of ether oxygens (including phenoxy) is 1. The van der Waals surface area contributed by atoms with Gasteiger partial charge in [0.1, 0.15) is 11.5 Å². The number of hydrogen-bond donors (Lipinski definition) is 0. The van der Waals surface area contributed by atoms with Gasteiger partial charge < -0.3 is 4.74 Å². The van der Waals surface area contributed by atoms with Crippen molar-refractivity contribution in [1.82, 2.24) is 0 Å². The van der Waals surface area contributed by atoms with Crippen LogP contribution in [0.15, 0.2) is 22.7 Å². The SMILES string of the molecule is COc1ccc(Br)c(CC(=O)C2(CC(C)C)CCCC2)c1. The van der Waals surface area contributed by atoms with E-state index in [1.54, 1.807) is 7.11 Å². The van der Waals surface area contributed by atoms with Crippen molar-refractivity contribution >= 4 is 21.7 Å². The van der Waals surface area contributed by atoms with Crippen LogP contribution in [0, 0.1) is 11.3 Å². The molecule has 0 atom stereocenters. The van der Waals surface area contributed by atoms with Gasteiger partial charge in [-0.1, -0.05) is 42.6 Å². The van der Waals surface area contributed by atoms with Gasteiger partial charge in [0.2, 0.25) is 0 Å². The summed E-state index contributed by atoms with van der Waals surface area (Å²) in [5, 5.41) is 0. The fraction of sp³-hybridized carbons (Fsp3) is 0.611. The van der Waals surface area contributed by atoms with E-state index in [0.29, 0.717) is 18.1 Å². The van der Waals surface area contributed by atoms with E-state index in [1.807, 2.05) is 18.2 Å². The van der Waals surface area contributed by atoms with Crippen molar-refractivity contribution in [2.45, 2.75) is 52.4 Å². The summed E-state index contributed by atoms with van der Waals surface area (Å²) in [6.07, 6.45) is 6.03. The first-order chi connectivity index (χ1) is 9.97. The van der Waals surface area contributed by atoms with Crippen molar-refractivity contribution in [3.8, 4) is 5.75 Å². The zero-order valence-corrected chi connectivity index (χ0v) is 14.8. The van der Waals surface area contributed by atoms with Crippen LogP contribution in [-0.4, -0.2) is 12.9 Å². The maximum Gasteiger partial charge on any atom is 0.143 e. The number of carbonyl (C=O) groups excluding carboxylic acids is 1. The number of benzene rings is 1. The smallest absolute Gasteiger partial charge is 0.143 e. The first-order valence-electron chi connectivity index (χ1n) is 7.82. The molecular formula is C18H25BrO2. The molecule has 1 aliphatic carbocycles. The third kappa shape index (κ3) is 3.88. The van der Waals surface area contributed by atoms with E-state index in [0.717, 1.165) is 35.0 Å². The molecule has 0 aromatic heterocycles. The lowest BCUT2D eigenvalue weighted by molar-refractivity contribution is -0.128. The Morgan fingerprint density at radius 3 is 2.57 bits per heavy atom. The van der Waals surface area contributed by atoms with Crippen LogP contribution in [0.1, 0.15) is 51.5 Å². The Labute approximate surface area is 136 Å². The Hall–Kier alpha value is -0.830. The molecule has 1 aromatic carbocycles. The number of hydrogen-bond acceptors (Lipinski definition) is 2. The number of rotatable bonds is 6. The van der Waals surface area contributed by atoms with E-state index in [2.05, 4.69) is 29.8 Å². The molecule has 0 amide bonds. The molecule has 2 nitrogen and oxygen atoms in total. The minimum atomic E-state index is -0.0866. The summed E-state index contributed by atoms with van der Waals surface area (Å²) in [4.78, 5) is 13.0. The fourth-order valence-electron chi connectivity index (χ4n) is 3.60. The van der Waals surface area contributed by atoms with Gasteiger partial charge in [-0.15, -0.1) is 0 Å². The standard InChI is InChI=1S/C18H25BrO2/c1-13(2)12-18(8-4-5-9-18)17(20)11-14-10-15(21-3)6-7-16(14)19/h6-7,10,13H,4-5,8-9,11-12H2,1-3H3. The Balaban J connectivity index is 2.19. The maximum atomic E-state index is 13.0. The van der Waals surface area contributed by atoms with Gasteiger partial charge >= 0.3 is 0 Å². The summed E-state index contributed by atoms with van der Waals surface area (Å²) in [7, 11) is 1.66. The van der Waals surface area contributed by atoms with Crippen LogP contribution < -0.4 is 4.74 Å². The van der Waals surface area contributed by atoms with E-state index >= 15 is 0 Å². The third-order valence-electron chi connectivity index (χ3n) is 4.56. The molecule has 1 aromatic rings. The number of ketones is 1. The molecule has 0 radical (unpaired) electrons. The number of halogens is 1. The third-order valence-corrected chi connectivity index (χ3v) is 5.33. The van der Waals surface area contributed by atoms with Crippen LogP contribution in [0.2, 0.25) is 0 Å². The average molecular weight is 353 g/mol. The minimum Gasteiger partial charge on any atom is -0.497 e. The van der Waals surface area contributed by atoms with E-state index in [1.165, 1.54) is 12.8 Å². The van der Waals surface area contributed by atoms with Crippen LogP contribution in [0.4, 0.5) is 0 Å². The van der Waals surface area contributed by atoms with Gasteiger partial charge in [-0.3, -0.25) is 4.79 Å². The van der Waals surface area contributed by atoms with E-state index in [9.17, 15) is 4.79 Å². The highest BCUT2D eigenvalue weighted by molar-refractivity contribution is 9.10. The number of Topliss-reactive ketones (excluding diaryl/α,β-unsaturated/α-hetero) is 1. The van der Waals surface area contributed by atoms with Crippen LogP contribution in [0.25, 0.3) is 0 Å². The van der Waals surface area contributed by atoms with Crippen LogP contribution in [0.3, 0.4) is 0 Å².